The van der Waals surface area contributed by atoms with E-state index in [4.69, 9.17) is 14.2 Å². The van der Waals surface area contributed by atoms with Gasteiger partial charge in [0.2, 0.25) is 5.91 Å². The third-order valence-electron chi connectivity index (χ3n) is 7.73. The first-order chi connectivity index (χ1) is 18.2. The summed E-state index contributed by atoms with van der Waals surface area (Å²) in [4.78, 5) is 55.1. The van der Waals surface area contributed by atoms with E-state index in [0.29, 0.717) is 0 Å². The molecule has 1 saturated carbocycles. The number of ether oxygens (including phenoxy) is 3. The number of carbonyl (C=O) groups is 4. The van der Waals surface area contributed by atoms with Crippen molar-refractivity contribution in [3.05, 3.63) is 71.8 Å². The van der Waals surface area contributed by atoms with Crippen LogP contribution < -0.4 is 0 Å². The van der Waals surface area contributed by atoms with Gasteiger partial charge in [0.05, 0.1) is 18.6 Å². The van der Waals surface area contributed by atoms with Crippen LogP contribution in [0.2, 0.25) is 0 Å². The number of esters is 3. The van der Waals surface area contributed by atoms with E-state index in [1.807, 2.05) is 74.5 Å². The van der Waals surface area contributed by atoms with Gasteiger partial charge in [-0.25, -0.2) is 4.79 Å². The molecule has 3 fully saturated rings. The number of fused-ring (bicyclic) bond motifs is 2. The second kappa shape index (κ2) is 9.45. The molecule has 0 bridgehead atoms. The highest BCUT2D eigenvalue weighted by Gasteiger charge is 2.93. The Bertz CT molecular complexity index is 1210. The van der Waals surface area contributed by atoms with Crippen molar-refractivity contribution in [2.75, 3.05) is 13.2 Å². The number of nitrogens with zero attached hydrogens (tertiary/aromatic N) is 1. The van der Waals surface area contributed by atoms with Crippen molar-refractivity contribution in [3.63, 3.8) is 0 Å². The van der Waals surface area contributed by atoms with Crippen LogP contribution in [0.1, 0.15) is 51.3 Å². The molecule has 1 amide bonds. The van der Waals surface area contributed by atoms with Gasteiger partial charge in [0.25, 0.3) is 0 Å². The number of amides is 1. The van der Waals surface area contributed by atoms with Crippen molar-refractivity contribution < 1.29 is 33.4 Å². The van der Waals surface area contributed by atoms with Gasteiger partial charge in [-0.2, -0.15) is 0 Å². The summed E-state index contributed by atoms with van der Waals surface area (Å²) in [6.45, 7) is 7.20. The lowest BCUT2D eigenvalue weighted by Gasteiger charge is -2.46. The summed E-state index contributed by atoms with van der Waals surface area (Å²) in [7, 11) is 0. The number of hydrogen-bond donors (Lipinski definition) is 0. The first kappa shape index (κ1) is 26.3. The normalized spacial score (nSPS) is 25.9. The zero-order chi connectivity index (χ0) is 27.3. The Labute approximate surface area is 226 Å². The summed E-state index contributed by atoms with van der Waals surface area (Å²) >= 11 is 1.41. The molecule has 2 aromatic carbocycles. The van der Waals surface area contributed by atoms with Crippen LogP contribution in [-0.2, 0) is 33.4 Å². The van der Waals surface area contributed by atoms with E-state index in [1.165, 1.54) is 16.7 Å². The fourth-order valence-corrected chi connectivity index (χ4v) is 7.74. The number of benzene rings is 2. The number of rotatable bonds is 8. The number of hydrogen-bond acceptors (Lipinski definition) is 8. The van der Waals surface area contributed by atoms with E-state index in [2.05, 4.69) is 0 Å². The molecule has 2 heterocycles. The molecule has 3 aliphatic rings. The maximum Gasteiger partial charge on any atom is 0.331 e. The maximum absolute atomic E-state index is 13.8. The first-order valence-corrected chi connectivity index (χ1v) is 13.7. The maximum atomic E-state index is 13.8. The van der Waals surface area contributed by atoms with Crippen molar-refractivity contribution in [2.45, 2.75) is 56.4 Å². The second-order valence-electron chi connectivity index (χ2n) is 10.3. The highest BCUT2D eigenvalue weighted by molar-refractivity contribution is 8.01. The fraction of sp³-hybridized carbons (Fsp3) is 0.448. The zero-order valence-electron chi connectivity index (χ0n) is 21.8. The Kier molecular flexibility index (Phi) is 6.54. The Morgan fingerprint density at radius 1 is 0.921 bits per heavy atom. The van der Waals surface area contributed by atoms with Crippen molar-refractivity contribution in [3.8, 4) is 0 Å². The lowest BCUT2D eigenvalue weighted by molar-refractivity contribution is -0.181. The lowest BCUT2D eigenvalue weighted by Crippen LogP contribution is -2.67. The second-order valence-corrected chi connectivity index (χ2v) is 12.1. The summed E-state index contributed by atoms with van der Waals surface area (Å²) in [5, 5.41) is -0.553. The molecule has 0 aromatic heterocycles. The van der Waals surface area contributed by atoms with Crippen LogP contribution in [0.3, 0.4) is 0 Å². The number of β-lactam (4-membered cyclic amide) rings is 1. The van der Waals surface area contributed by atoms with Crippen LogP contribution in [0.25, 0.3) is 0 Å². The molecule has 5 rings (SSSR count). The van der Waals surface area contributed by atoms with E-state index >= 15 is 0 Å². The third-order valence-corrected chi connectivity index (χ3v) is 9.42. The van der Waals surface area contributed by atoms with Crippen LogP contribution >= 0.6 is 11.8 Å². The molecule has 2 aliphatic heterocycles. The summed E-state index contributed by atoms with van der Waals surface area (Å²) in [5.74, 6) is -2.45. The van der Waals surface area contributed by atoms with E-state index < -0.39 is 56.9 Å². The van der Waals surface area contributed by atoms with Gasteiger partial charge >= 0.3 is 17.9 Å². The standard InChI is InChI=1S/C29H31NO7S/c1-5-35-25(33)29(26(34)36-6-2)17-28(29)23(32)30-21(27(3,4)38-24(28)30)22(31)37-20(18-13-9-7-10-14-18)19-15-11-8-12-16-19/h7-16,20-21,24H,5-6,17H2,1-4H3/t21-,24+,28+/m0/s1. The minimum atomic E-state index is -1.68. The molecule has 0 N–H and O–H groups in total. The number of carbonyl (C=O) groups excluding carboxylic acids is 4. The smallest absolute Gasteiger partial charge is 0.331 e. The van der Waals surface area contributed by atoms with Gasteiger partial charge in [-0.3, -0.25) is 14.4 Å². The van der Waals surface area contributed by atoms with E-state index in [0.717, 1.165) is 11.1 Å². The Morgan fingerprint density at radius 2 is 1.42 bits per heavy atom. The van der Waals surface area contributed by atoms with Crippen LogP contribution in [0.4, 0.5) is 0 Å². The minimum Gasteiger partial charge on any atom is -0.465 e. The lowest BCUT2D eigenvalue weighted by atomic mass is 9.81. The molecular formula is C29H31NO7S. The summed E-state index contributed by atoms with van der Waals surface area (Å²) in [5.41, 5.74) is -1.34. The molecular weight excluding hydrogens is 506 g/mol. The summed E-state index contributed by atoms with van der Waals surface area (Å²) in [6.07, 6.45) is -0.645. The SMILES string of the molecule is CCOC(=O)C1(C(=O)OCC)C[C@]12C(=O)N1[C@@H](C(=O)OC(c3ccccc3)c3ccccc3)C(C)(C)S[C@@H]12. The Balaban J connectivity index is 1.45. The summed E-state index contributed by atoms with van der Waals surface area (Å²) < 4.78 is 15.9. The molecule has 1 spiro atoms. The molecule has 38 heavy (non-hydrogen) atoms. The largest absolute Gasteiger partial charge is 0.465 e. The van der Waals surface area contributed by atoms with Crippen LogP contribution in [-0.4, -0.2) is 58.1 Å². The molecule has 0 unspecified atom stereocenters. The summed E-state index contributed by atoms with van der Waals surface area (Å²) in [6, 6.07) is 18.0. The minimum absolute atomic E-state index is 0.0131. The highest BCUT2D eigenvalue weighted by atomic mass is 32.2. The predicted molar refractivity (Wildman–Crippen MR) is 140 cm³/mol. The van der Waals surface area contributed by atoms with Crippen LogP contribution in [0, 0.1) is 10.8 Å². The van der Waals surface area contributed by atoms with Gasteiger partial charge in [0.1, 0.15) is 11.5 Å². The average Bonchev–Trinajstić information content (AvgIpc) is 3.58. The quantitative estimate of drug-likeness (QED) is 0.217. The molecule has 2 saturated heterocycles. The predicted octanol–water partition coefficient (Wildman–Crippen LogP) is 3.88. The molecule has 2 aromatic rings. The van der Waals surface area contributed by atoms with Crippen molar-refractivity contribution in [1.82, 2.24) is 4.90 Å². The Morgan fingerprint density at radius 3 is 1.89 bits per heavy atom. The van der Waals surface area contributed by atoms with Crippen molar-refractivity contribution in [1.29, 1.82) is 0 Å². The fourth-order valence-electron chi connectivity index (χ4n) is 5.90. The monoisotopic (exact) mass is 537 g/mol. The number of thioether (sulfide) groups is 1. The van der Waals surface area contributed by atoms with Gasteiger partial charge in [-0.05, 0) is 45.2 Å². The topological polar surface area (TPSA) is 99.2 Å². The van der Waals surface area contributed by atoms with Crippen LogP contribution in [0.5, 0.6) is 0 Å². The van der Waals surface area contributed by atoms with Gasteiger partial charge in [-0.1, -0.05) is 60.7 Å². The molecule has 3 atom stereocenters. The van der Waals surface area contributed by atoms with Gasteiger partial charge < -0.3 is 19.1 Å². The molecule has 8 nitrogen and oxygen atoms in total. The first-order valence-electron chi connectivity index (χ1n) is 12.8. The van der Waals surface area contributed by atoms with E-state index in [-0.39, 0.29) is 19.6 Å². The van der Waals surface area contributed by atoms with Crippen molar-refractivity contribution in [2.24, 2.45) is 10.8 Å². The highest BCUT2D eigenvalue weighted by Crippen LogP contribution is 2.78. The Hall–Kier alpha value is -3.33. The van der Waals surface area contributed by atoms with Gasteiger partial charge in [-0.15, -0.1) is 11.8 Å². The molecule has 1 aliphatic carbocycles. The van der Waals surface area contributed by atoms with Gasteiger partial charge in [0.15, 0.2) is 11.5 Å². The zero-order valence-corrected chi connectivity index (χ0v) is 22.7. The van der Waals surface area contributed by atoms with Gasteiger partial charge in [0, 0.05) is 4.75 Å². The molecule has 0 radical (unpaired) electrons. The third kappa shape index (κ3) is 3.66. The van der Waals surface area contributed by atoms with E-state index in [9.17, 15) is 19.2 Å². The molecule has 200 valence electrons. The van der Waals surface area contributed by atoms with Crippen LogP contribution in [0.15, 0.2) is 60.7 Å². The van der Waals surface area contributed by atoms with Crippen molar-refractivity contribution >= 4 is 35.6 Å². The average molecular weight is 538 g/mol. The molecule has 9 heteroatoms. The van der Waals surface area contributed by atoms with E-state index in [1.54, 1.807) is 13.8 Å².